The minimum Gasteiger partial charge on any atom is -0.394 e. The van der Waals surface area contributed by atoms with E-state index in [9.17, 15) is 5.11 Å². The van der Waals surface area contributed by atoms with E-state index in [1.807, 2.05) is 42.5 Å². The van der Waals surface area contributed by atoms with Gasteiger partial charge in [-0.05, 0) is 16.7 Å². The summed E-state index contributed by atoms with van der Waals surface area (Å²) in [5.74, 6) is 0. The lowest BCUT2D eigenvalue weighted by Gasteiger charge is -2.30. The highest BCUT2D eigenvalue weighted by atomic mass is 16.6. The maximum absolute atomic E-state index is 9.67. The van der Waals surface area contributed by atoms with Gasteiger partial charge >= 0.3 is 0 Å². The Labute approximate surface area is 135 Å². The molecule has 2 heterocycles. The third kappa shape index (κ3) is 2.79. The highest BCUT2D eigenvalue weighted by molar-refractivity contribution is 5.32. The second-order valence-electron chi connectivity index (χ2n) is 6.01. The number of aliphatic hydroxyl groups is 1. The summed E-state index contributed by atoms with van der Waals surface area (Å²) in [6.07, 6.45) is -0.970. The van der Waals surface area contributed by atoms with Crippen molar-refractivity contribution >= 4 is 0 Å². The number of rotatable bonds is 4. The van der Waals surface area contributed by atoms with Crippen molar-refractivity contribution < 1.29 is 19.3 Å². The molecule has 0 unspecified atom stereocenters. The van der Waals surface area contributed by atoms with Gasteiger partial charge in [0.15, 0.2) is 0 Å². The largest absolute Gasteiger partial charge is 0.394 e. The molecule has 0 aromatic heterocycles. The number of benzene rings is 2. The Balaban J connectivity index is 1.53. The molecule has 120 valence electrons. The normalized spacial score (nSPS) is 29.1. The van der Waals surface area contributed by atoms with Gasteiger partial charge in [0.25, 0.3) is 0 Å². The van der Waals surface area contributed by atoms with Crippen molar-refractivity contribution in [2.75, 3.05) is 6.61 Å². The van der Waals surface area contributed by atoms with Crippen molar-refractivity contribution in [1.29, 1.82) is 0 Å². The van der Waals surface area contributed by atoms with Crippen molar-refractivity contribution in [3.8, 4) is 0 Å². The van der Waals surface area contributed by atoms with Crippen molar-refractivity contribution in [2.45, 2.75) is 37.6 Å². The van der Waals surface area contributed by atoms with Crippen LogP contribution in [-0.2, 0) is 27.4 Å². The molecule has 4 heteroatoms. The average molecular weight is 312 g/mol. The van der Waals surface area contributed by atoms with E-state index in [0.717, 1.165) is 16.7 Å². The Morgan fingerprint density at radius 3 is 2.65 bits per heavy atom. The SMILES string of the molecule is OC[C@H]1O[C@H]2c3ccccc3CO[C@@H]2[C@H]1OCc1ccccc1. The van der Waals surface area contributed by atoms with Crippen LogP contribution in [0, 0.1) is 0 Å². The molecule has 0 radical (unpaired) electrons. The lowest BCUT2D eigenvalue weighted by atomic mass is 9.94. The van der Waals surface area contributed by atoms with E-state index >= 15 is 0 Å². The summed E-state index contributed by atoms with van der Waals surface area (Å²) < 4.78 is 18.1. The lowest BCUT2D eigenvalue weighted by molar-refractivity contribution is -0.0882. The zero-order chi connectivity index (χ0) is 15.6. The van der Waals surface area contributed by atoms with E-state index < -0.39 is 0 Å². The molecular formula is C19H20O4. The first-order valence-corrected chi connectivity index (χ1v) is 7.98. The molecule has 0 aliphatic carbocycles. The number of ether oxygens (including phenoxy) is 3. The van der Waals surface area contributed by atoms with Gasteiger partial charge in [-0.25, -0.2) is 0 Å². The molecule has 4 atom stereocenters. The maximum atomic E-state index is 9.67. The molecule has 0 saturated carbocycles. The Morgan fingerprint density at radius 2 is 1.83 bits per heavy atom. The number of hydrogen-bond donors (Lipinski definition) is 1. The Hall–Kier alpha value is -1.72. The molecule has 1 saturated heterocycles. The highest BCUT2D eigenvalue weighted by Gasteiger charge is 2.48. The Bertz CT molecular complexity index is 657. The number of aliphatic hydroxyl groups excluding tert-OH is 1. The van der Waals surface area contributed by atoms with Crippen LogP contribution >= 0.6 is 0 Å². The van der Waals surface area contributed by atoms with Gasteiger partial charge in [0.05, 0.1) is 19.8 Å². The van der Waals surface area contributed by atoms with Gasteiger partial charge in [0.1, 0.15) is 24.4 Å². The van der Waals surface area contributed by atoms with Crippen LogP contribution in [0.15, 0.2) is 54.6 Å². The zero-order valence-electron chi connectivity index (χ0n) is 12.8. The van der Waals surface area contributed by atoms with Crippen LogP contribution in [0.4, 0.5) is 0 Å². The molecular weight excluding hydrogens is 292 g/mol. The monoisotopic (exact) mass is 312 g/mol. The minimum absolute atomic E-state index is 0.0714. The smallest absolute Gasteiger partial charge is 0.117 e. The number of hydrogen-bond acceptors (Lipinski definition) is 4. The van der Waals surface area contributed by atoms with Crippen molar-refractivity contribution in [3.05, 3.63) is 71.3 Å². The van der Waals surface area contributed by atoms with Gasteiger partial charge in [0, 0.05) is 0 Å². The Morgan fingerprint density at radius 1 is 1.04 bits per heavy atom. The van der Waals surface area contributed by atoms with Crippen LogP contribution in [0.1, 0.15) is 22.8 Å². The van der Waals surface area contributed by atoms with Gasteiger partial charge in [-0.15, -0.1) is 0 Å². The third-order valence-corrected chi connectivity index (χ3v) is 4.57. The van der Waals surface area contributed by atoms with Crippen LogP contribution < -0.4 is 0 Å². The molecule has 4 rings (SSSR count). The zero-order valence-corrected chi connectivity index (χ0v) is 12.8. The fraction of sp³-hybridized carbons (Fsp3) is 0.368. The Kier molecular flexibility index (Phi) is 4.14. The first-order valence-electron chi connectivity index (χ1n) is 7.98. The van der Waals surface area contributed by atoms with Gasteiger partial charge in [0.2, 0.25) is 0 Å². The fourth-order valence-electron chi connectivity index (χ4n) is 3.40. The summed E-state index contributed by atoms with van der Waals surface area (Å²) in [5.41, 5.74) is 3.39. The molecule has 1 N–H and O–H groups in total. The van der Waals surface area contributed by atoms with Gasteiger partial charge in [-0.1, -0.05) is 54.6 Å². The second kappa shape index (κ2) is 6.42. The van der Waals surface area contributed by atoms with Gasteiger partial charge in [-0.3, -0.25) is 0 Å². The maximum Gasteiger partial charge on any atom is 0.117 e. The van der Waals surface area contributed by atoms with E-state index in [0.29, 0.717) is 13.2 Å². The van der Waals surface area contributed by atoms with Crippen LogP contribution in [0.3, 0.4) is 0 Å². The van der Waals surface area contributed by atoms with Crippen LogP contribution in [0.2, 0.25) is 0 Å². The van der Waals surface area contributed by atoms with Crippen LogP contribution in [-0.4, -0.2) is 30.0 Å². The molecule has 0 bridgehead atoms. The van der Waals surface area contributed by atoms with E-state index in [1.54, 1.807) is 0 Å². The summed E-state index contributed by atoms with van der Waals surface area (Å²) >= 11 is 0. The van der Waals surface area contributed by atoms with Crippen molar-refractivity contribution in [1.82, 2.24) is 0 Å². The quantitative estimate of drug-likeness (QED) is 0.943. The van der Waals surface area contributed by atoms with Crippen molar-refractivity contribution in [2.24, 2.45) is 0 Å². The summed E-state index contributed by atoms with van der Waals surface area (Å²) in [5, 5.41) is 9.67. The predicted molar refractivity (Wildman–Crippen MR) is 84.7 cm³/mol. The molecule has 23 heavy (non-hydrogen) atoms. The van der Waals surface area contributed by atoms with E-state index in [4.69, 9.17) is 14.2 Å². The van der Waals surface area contributed by atoms with Crippen LogP contribution in [0.5, 0.6) is 0 Å². The molecule has 1 fully saturated rings. The molecule has 2 aliphatic rings. The standard InChI is InChI=1S/C19H20O4/c20-10-16-18(21-11-13-6-2-1-3-7-13)19-17(23-16)15-9-5-4-8-14(15)12-22-19/h1-9,16-20H,10-12H2/t16-,17+,18+,19+/m1/s1. The van der Waals surface area contributed by atoms with Gasteiger partial charge in [-0.2, -0.15) is 0 Å². The van der Waals surface area contributed by atoms with Gasteiger partial charge < -0.3 is 19.3 Å². The molecule has 2 aliphatic heterocycles. The minimum atomic E-state index is -0.361. The predicted octanol–water partition coefficient (Wildman–Crippen LogP) is 2.60. The van der Waals surface area contributed by atoms with E-state index in [1.165, 1.54) is 0 Å². The van der Waals surface area contributed by atoms with Crippen LogP contribution in [0.25, 0.3) is 0 Å². The average Bonchev–Trinajstić information content (AvgIpc) is 2.99. The first kappa shape index (κ1) is 14.8. The van der Waals surface area contributed by atoms with Crippen molar-refractivity contribution in [3.63, 3.8) is 0 Å². The summed E-state index contributed by atoms with van der Waals surface area (Å²) in [6, 6.07) is 18.2. The molecule has 4 nitrogen and oxygen atoms in total. The summed E-state index contributed by atoms with van der Waals surface area (Å²) in [6.45, 7) is 0.974. The fourth-order valence-corrected chi connectivity index (χ4v) is 3.40. The summed E-state index contributed by atoms with van der Waals surface area (Å²) in [4.78, 5) is 0. The topological polar surface area (TPSA) is 47.9 Å². The lowest BCUT2D eigenvalue weighted by Crippen LogP contribution is -2.38. The van der Waals surface area contributed by atoms with E-state index in [-0.39, 0.29) is 31.0 Å². The van der Waals surface area contributed by atoms with E-state index in [2.05, 4.69) is 12.1 Å². The second-order valence-corrected chi connectivity index (χ2v) is 6.01. The third-order valence-electron chi connectivity index (χ3n) is 4.57. The molecule has 2 aromatic rings. The molecule has 2 aromatic carbocycles. The summed E-state index contributed by atoms with van der Waals surface area (Å²) in [7, 11) is 0. The first-order chi connectivity index (χ1) is 11.4. The highest BCUT2D eigenvalue weighted by Crippen LogP contribution is 2.42. The molecule has 0 spiro atoms. The molecule has 0 amide bonds. The number of fused-ring (bicyclic) bond motifs is 3.